The van der Waals surface area contributed by atoms with Crippen LogP contribution >= 0.6 is 12.2 Å². The van der Waals surface area contributed by atoms with Crippen LogP contribution in [0.15, 0.2) is 53.3 Å². The standard InChI is InChI=1S/C26H33FN4OS/c1-4-30(5-2)15-7-14-28-26(33)31(17-20-10-12-23(27)13-11-20)18-22-16-21-9-6-8-19(3)24(21)29-25(22)32/h6,8-13,16H,4-5,7,14-15,17-18H2,1-3H3,(H,28,33)(H,29,32). The number of hydrogen-bond acceptors (Lipinski definition) is 3. The Morgan fingerprint density at radius 1 is 1.09 bits per heavy atom. The van der Waals surface area contributed by atoms with Crippen LogP contribution in [0.1, 0.15) is 37.0 Å². The number of aromatic nitrogens is 1. The van der Waals surface area contributed by atoms with E-state index in [0.29, 0.717) is 23.8 Å². The first kappa shape index (κ1) is 24.9. The molecule has 2 aromatic carbocycles. The number of rotatable bonds is 10. The summed E-state index contributed by atoms with van der Waals surface area (Å²) in [5.74, 6) is -0.274. The van der Waals surface area contributed by atoms with Crippen molar-refractivity contribution in [3.8, 4) is 0 Å². The maximum Gasteiger partial charge on any atom is 0.253 e. The zero-order valence-electron chi connectivity index (χ0n) is 19.7. The fourth-order valence-corrected chi connectivity index (χ4v) is 4.14. The maximum absolute atomic E-state index is 13.4. The van der Waals surface area contributed by atoms with Crippen molar-refractivity contribution in [3.63, 3.8) is 0 Å². The summed E-state index contributed by atoms with van der Waals surface area (Å²) in [6, 6.07) is 14.3. The number of nitrogens with one attached hydrogen (secondary N) is 2. The zero-order chi connectivity index (χ0) is 23.8. The minimum absolute atomic E-state index is 0.120. The zero-order valence-corrected chi connectivity index (χ0v) is 20.5. The van der Waals surface area contributed by atoms with Crippen molar-refractivity contribution in [2.45, 2.75) is 40.3 Å². The summed E-state index contributed by atoms with van der Waals surface area (Å²) in [5.41, 5.74) is 3.34. The van der Waals surface area contributed by atoms with Crippen molar-refractivity contribution in [2.75, 3.05) is 26.2 Å². The summed E-state index contributed by atoms with van der Waals surface area (Å²) < 4.78 is 13.4. The lowest BCUT2D eigenvalue weighted by Crippen LogP contribution is -2.41. The fourth-order valence-electron chi connectivity index (χ4n) is 3.91. The molecule has 176 valence electrons. The highest BCUT2D eigenvalue weighted by atomic mass is 32.1. The molecule has 0 aliphatic carbocycles. The maximum atomic E-state index is 13.4. The minimum atomic E-state index is -0.274. The molecule has 0 radical (unpaired) electrons. The van der Waals surface area contributed by atoms with Crippen LogP contribution in [0.3, 0.4) is 0 Å². The smallest absolute Gasteiger partial charge is 0.253 e. The Labute approximate surface area is 200 Å². The molecule has 1 aromatic heterocycles. The van der Waals surface area contributed by atoms with E-state index in [2.05, 4.69) is 29.0 Å². The number of halogens is 1. The Hall–Kier alpha value is -2.77. The van der Waals surface area contributed by atoms with E-state index in [9.17, 15) is 9.18 Å². The summed E-state index contributed by atoms with van der Waals surface area (Å²) >= 11 is 5.71. The third kappa shape index (κ3) is 6.85. The van der Waals surface area contributed by atoms with Gasteiger partial charge in [0, 0.05) is 18.7 Å². The topological polar surface area (TPSA) is 51.4 Å². The predicted molar refractivity (Wildman–Crippen MR) is 138 cm³/mol. The molecule has 0 aliphatic rings. The molecule has 1 heterocycles. The molecule has 0 saturated heterocycles. The second-order valence-electron chi connectivity index (χ2n) is 8.26. The molecule has 0 amide bonds. The lowest BCUT2D eigenvalue weighted by atomic mass is 10.1. The van der Waals surface area contributed by atoms with Gasteiger partial charge in [-0.15, -0.1) is 0 Å². The number of aromatic amines is 1. The summed E-state index contributed by atoms with van der Waals surface area (Å²) in [6.45, 7) is 11.0. The van der Waals surface area contributed by atoms with E-state index in [1.165, 1.54) is 12.1 Å². The number of pyridine rings is 1. The van der Waals surface area contributed by atoms with Crippen LogP contribution in [-0.2, 0) is 13.1 Å². The average Bonchev–Trinajstić information content (AvgIpc) is 2.81. The Morgan fingerprint density at radius 3 is 2.52 bits per heavy atom. The van der Waals surface area contributed by atoms with Crippen molar-refractivity contribution in [3.05, 3.63) is 81.4 Å². The molecule has 5 nitrogen and oxygen atoms in total. The highest BCUT2D eigenvalue weighted by Crippen LogP contribution is 2.17. The number of nitrogens with zero attached hydrogens (tertiary/aromatic N) is 2. The third-order valence-corrected chi connectivity index (χ3v) is 6.32. The van der Waals surface area contributed by atoms with Crippen LogP contribution < -0.4 is 10.9 Å². The molecule has 0 saturated carbocycles. The van der Waals surface area contributed by atoms with Gasteiger partial charge in [-0.25, -0.2) is 4.39 Å². The molecule has 0 bridgehead atoms. The van der Waals surface area contributed by atoms with Crippen LogP contribution in [0.5, 0.6) is 0 Å². The SMILES string of the molecule is CCN(CC)CCCNC(=S)N(Cc1ccc(F)cc1)Cc1cc2cccc(C)c2[nH]c1=O. The number of H-pyrrole nitrogens is 1. The number of thiocarbonyl (C=S) groups is 1. The van der Waals surface area contributed by atoms with E-state index in [4.69, 9.17) is 12.2 Å². The van der Waals surface area contributed by atoms with Crippen LogP contribution in [-0.4, -0.2) is 46.1 Å². The van der Waals surface area contributed by atoms with Gasteiger partial charge in [0.1, 0.15) is 5.82 Å². The van der Waals surface area contributed by atoms with E-state index in [1.807, 2.05) is 36.1 Å². The first-order chi connectivity index (χ1) is 15.9. The van der Waals surface area contributed by atoms with Gasteiger partial charge in [0.05, 0.1) is 12.1 Å². The third-order valence-electron chi connectivity index (χ3n) is 5.92. The molecule has 3 aromatic rings. The van der Waals surface area contributed by atoms with Crippen LogP contribution in [0, 0.1) is 12.7 Å². The lowest BCUT2D eigenvalue weighted by Gasteiger charge is -2.26. The van der Waals surface area contributed by atoms with Gasteiger partial charge in [0.2, 0.25) is 0 Å². The Kier molecular flexibility index (Phi) is 8.97. The molecule has 2 N–H and O–H groups in total. The highest BCUT2D eigenvalue weighted by Gasteiger charge is 2.15. The number of para-hydroxylation sites is 1. The van der Waals surface area contributed by atoms with Crippen LogP contribution in [0.2, 0.25) is 0 Å². The molecule has 0 spiro atoms. The van der Waals surface area contributed by atoms with Crippen molar-refractivity contribution in [1.82, 2.24) is 20.1 Å². The van der Waals surface area contributed by atoms with Gasteiger partial charge >= 0.3 is 0 Å². The van der Waals surface area contributed by atoms with Gasteiger partial charge in [-0.1, -0.05) is 44.2 Å². The van der Waals surface area contributed by atoms with Gasteiger partial charge < -0.3 is 20.1 Å². The largest absolute Gasteiger partial charge is 0.363 e. The number of aryl methyl sites for hydroxylation is 1. The van der Waals surface area contributed by atoms with Crippen molar-refractivity contribution >= 4 is 28.2 Å². The summed E-state index contributed by atoms with van der Waals surface area (Å²) in [7, 11) is 0. The minimum Gasteiger partial charge on any atom is -0.363 e. The monoisotopic (exact) mass is 468 g/mol. The lowest BCUT2D eigenvalue weighted by molar-refractivity contribution is 0.299. The second kappa shape index (κ2) is 11.9. The second-order valence-corrected chi connectivity index (χ2v) is 8.64. The normalized spacial score (nSPS) is 11.2. The van der Waals surface area contributed by atoms with E-state index in [-0.39, 0.29) is 11.4 Å². The van der Waals surface area contributed by atoms with Crippen molar-refractivity contribution < 1.29 is 4.39 Å². The van der Waals surface area contributed by atoms with Gasteiger partial charge in [0.25, 0.3) is 5.56 Å². The summed E-state index contributed by atoms with van der Waals surface area (Å²) in [5, 5.41) is 4.92. The van der Waals surface area contributed by atoms with Gasteiger partial charge in [-0.3, -0.25) is 4.79 Å². The first-order valence-corrected chi connectivity index (χ1v) is 11.9. The van der Waals surface area contributed by atoms with Crippen LogP contribution in [0.25, 0.3) is 10.9 Å². The highest BCUT2D eigenvalue weighted by molar-refractivity contribution is 7.80. The Bertz CT molecular complexity index is 1130. The van der Waals surface area contributed by atoms with Gasteiger partial charge in [-0.05, 0) is 79.9 Å². The van der Waals surface area contributed by atoms with E-state index < -0.39 is 0 Å². The van der Waals surface area contributed by atoms with E-state index in [0.717, 1.165) is 54.6 Å². The molecule has 0 fully saturated rings. The summed E-state index contributed by atoms with van der Waals surface area (Å²) in [4.78, 5) is 20.2. The van der Waals surface area contributed by atoms with Crippen LogP contribution in [0.4, 0.5) is 4.39 Å². The molecular weight excluding hydrogens is 435 g/mol. The van der Waals surface area contributed by atoms with Gasteiger partial charge in [-0.2, -0.15) is 0 Å². The molecule has 3 rings (SSSR count). The molecule has 33 heavy (non-hydrogen) atoms. The number of hydrogen-bond donors (Lipinski definition) is 2. The average molecular weight is 469 g/mol. The first-order valence-electron chi connectivity index (χ1n) is 11.5. The molecular formula is C26H33FN4OS. The predicted octanol–water partition coefficient (Wildman–Crippen LogP) is 4.58. The number of fused-ring (bicyclic) bond motifs is 1. The quantitative estimate of drug-likeness (QED) is 0.337. The molecule has 7 heteroatoms. The molecule has 0 unspecified atom stereocenters. The summed E-state index contributed by atoms with van der Waals surface area (Å²) in [6.07, 6.45) is 0.974. The molecule has 0 atom stereocenters. The van der Waals surface area contributed by atoms with E-state index in [1.54, 1.807) is 12.1 Å². The van der Waals surface area contributed by atoms with Gasteiger partial charge in [0.15, 0.2) is 5.11 Å². The number of benzene rings is 2. The molecule has 0 aliphatic heterocycles. The Morgan fingerprint density at radius 2 is 1.82 bits per heavy atom. The Balaban J connectivity index is 1.77. The van der Waals surface area contributed by atoms with Crippen molar-refractivity contribution in [2.24, 2.45) is 0 Å². The fraction of sp³-hybridized carbons (Fsp3) is 0.385. The van der Waals surface area contributed by atoms with E-state index >= 15 is 0 Å². The van der Waals surface area contributed by atoms with Crippen molar-refractivity contribution in [1.29, 1.82) is 0 Å².